The van der Waals surface area contributed by atoms with Crippen molar-refractivity contribution < 1.29 is 32.6 Å². The fourth-order valence-electron chi connectivity index (χ4n) is 6.29. The highest BCUT2D eigenvalue weighted by Crippen LogP contribution is 2.31. The zero-order valence-electron chi connectivity index (χ0n) is 25.6. The molecular weight excluding hydrogens is 568 g/mol. The van der Waals surface area contributed by atoms with Gasteiger partial charge in [0.15, 0.2) is 0 Å². The Balaban J connectivity index is 1.54. The van der Waals surface area contributed by atoms with E-state index >= 15 is 0 Å². The SMILES string of the molecule is COC[C@@H]1CC(OCC2CCCCC2)CN1Cc1ccc(C(=O)N[C@@H](CCS(C)(=O)=O)C(=O)O)c(-c2ccccc2C)c1. The largest absolute Gasteiger partial charge is 0.480 e. The van der Waals surface area contributed by atoms with E-state index in [4.69, 9.17) is 9.47 Å². The molecule has 2 aromatic carbocycles. The van der Waals surface area contributed by atoms with Gasteiger partial charge in [-0.1, -0.05) is 49.6 Å². The molecule has 1 aliphatic carbocycles. The number of carbonyl (C=O) groups is 2. The van der Waals surface area contributed by atoms with Crippen molar-refractivity contribution in [2.45, 2.75) is 76.6 Å². The van der Waals surface area contributed by atoms with Gasteiger partial charge in [-0.25, -0.2) is 13.2 Å². The minimum atomic E-state index is -3.39. The highest BCUT2D eigenvalue weighted by molar-refractivity contribution is 7.90. The molecule has 0 aromatic heterocycles. The zero-order chi connectivity index (χ0) is 31.0. The summed E-state index contributed by atoms with van der Waals surface area (Å²) in [4.78, 5) is 27.7. The van der Waals surface area contributed by atoms with Crippen molar-refractivity contribution in [2.24, 2.45) is 5.92 Å². The summed E-state index contributed by atoms with van der Waals surface area (Å²) in [6, 6.07) is 12.3. The van der Waals surface area contributed by atoms with Crippen molar-refractivity contribution in [3.63, 3.8) is 0 Å². The second-order valence-corrected chi connectivity index (χ2v) is 14.5. The number of aryl methyl sites for hydroxylation is 1. The molecule has 0 radical (unpaired) electrons. The standard InChI is InChI=1S/C33H46N2O7S/c1-23-9-7-8-12-28(23)30-17-25(13-14-29(30)32(36)34-31(33(37)38)15-16-43(3,39)40)19-35-20-27(18-26(35)22-41-2)42-21-24-10-5-4-6-11-24/h7-9,12-14,17,24,26-27,31H,4-6,10-11,15-16,18-22H2,1-3H3,(H,34,36)(H,37,38)/t26-,27?,31-/m0/s1. The second kappa shape index (κ2) is 15.3. The Morgan fingerprint density at radius 2 is 1.81 bits per heavy atom. The maximum Gasteiger partial charge on any atom is 0.326 e. The van der Waals surface area contributed by atoms with Crippen LogP contribution in [0.5, 0.6) is 0 Å². The number of hydrogen-bond donors (Lipinski definition) is 2. The summed E-state index contributed by atoms with van der Waals surface area (Å²) < 4.78 is 35.2. The quantitative estimate of drug-likeness (QED) is 0.320. The Labute approximate surface area is 255 Å². The number of nitrogens with one attached hydrogen (secondary N) is 1. The van der Waals surface area contributed by atoms with Crippen molar-refractivity contribution >= 4 is 21.7 Å². The third-order valence-corrected chi connectivity index (χ3v) is 9.65. The maximum absolute atomic E-state index is 13.5. The molecule has 2 N–H and O–H groups in total. The van der Waals surface area contributed by atoms with Crippen LogP contribution < -0.4 is 5.32 Å². The normalized spacial score (nSPS) is 20.6. The van der Waals surface area contributed by atoms with Crippen molar-refractivity contribution in [3.8, 4) is 11.1 Å². The van der Waals surface area contributed by atoms with E-state index in [2.05, 4.69) is 10.2 Å². The van der Waals surface area contributed by atoms with Crippen molar-refractivity contribution in [1.29, 1.82) is 0 Å². The molecule has 236 valence electrons. The number of benzene rings is 2. The fourth-order valence-corrected chi connectivity index (χ4v) is 6.95. The smallest absolute Gasteiger partial charge is 0.326 e. The first kappa shape index (κ1) is 33.1. The summed E-state index contributed by atoms with van der Waals surface area (Å²) in [6.45, 7) is 4.87. The lowest BCUT2D eigenvalue weighted by Gasteiger charge is -2.25. The van der Waals surface area contributed by atoms with Gasteiger partial charge in [-0.05, 0) is 72.9 Å². The van der Waals surface area contributed by atoms with Crippen LogP contribution in [-0.4, -0.2) is 87.4 Å². The lowest BCUT2D eigenvalue weighted by Crippen LogP contribution is -2.42. The summed E-state index contributed by atoms with van der Waals surface area (Å²) in [5.41, 5.74) is 3.92. The average molecular weight is 615 g/mol. The lowest BCUT2D eigenvalue weighted by atomic mass is 9.90. The molecule has 2 aromatic rings. The van der Waals surface area contributed by atoms with Crippen LogP contribution >= 0.6 is 0 Å². The van der Waals surface area contributed by atoms with Gasteiger partial charge in [0, 0.05) is 44.7 Å². The van der Waals surface area contributed by atoms with Crippen molar-refractivity contribution in [2.75, 3.05) is 38.9 Å². The highest BCUT2D eigenvalue weighted by atomic mass is 32.2. The molecule has 10 heteroatoms. The number of hydrogen-bond acceptors (Lipinski definition) is 7. The van der Waals surface area contributed by atoms with Gasteiger partial charge >= 0.3 is 5.97 Å². The summed E-state index contributed by atoms with van der Waals surface area (Å²) in [5.74, 6) is -1.51. The molecule has 1 saturated carbocycles. The molecule has 43 heavy (non-hydrogen) atoms. The van der Waals surface area contributed by atoms with Crippen LogP contribution in [0.1, 0.15) is 66.4 Å². The predicted molar refractivity (Wildman–Crippen MR) is 167 cm³/mol. The van der Waals surface area contributed by atoms with Gasteiger partial charge in [-0.2, -0.15) is 0 Å². The molecule has 2 aliphatic rings. The molecule has 1 unspecified atom stereocenters. The maximum atomic E-state index is 13.5. The summed E-state index contributed by atoms with van der Waals surface area (Å²) in [6.07, 6.45) is 8.34. The van der Waals surface area contributed by atoms with E-state index in [0.717, 1.165) is 42.5 Å². The number of rotatable bonds is 14. The molecule has 1 aliphatic heterocycles. The predicted octanol–water partition coefficient (Wildman–Crippen LogP) is 4.47. The Hall–Kier alpha value is -2.79. The van der Waals surface area contributed by atoms with Crippen LogP contribution in [0.4, 0.5) is 0 Å². The van der Waals surface area contributed by atoms with E-state index in [1.165, 1.54) is 32.1 Å². The van der Waals surface area contributed by atoms with E-state index in [1.807, 2.05) is 43.3 Å². The number of amides is 1. The van der Waals surface area contributed by atoms with Crippen LogP contribution in [0.2, 0.25) is 0 Å². The van der Waals surface area contributed by atoms with Gasteiger partial charge in [0.2, 0.25) is 0 Å². The Kier molecular flexibility index (Phi) is 11.8. The van der Waals surface area contributed by atoms with E-state index in [0.29, 0.717) is 30.2 Å². The number of carboxylic acid groups (broad SMARTS) is 1. The van der Waals surface area contributed by atoms with Crippen LogP contribution in [-0.2, 0) is 30.7 Å². The van der Waals surface area contributed by atoms with Gasteiger partial charge in [0.25, 0.3) is 5.91 Å². The fraction of sp³-hybridized carbons (Fsp3) is 0.576. The molecular formula is C33H46N2O7S. The van der Waals surface area contributed by atoms with E-state index in [1.54, 1.807) is 13.2 Å². The van der Waals surface area contributed by atoms with Gasteiger partial charge in [0.1, 0.15) is 15.9 Å². The molecule has 9 nitrogen and oxygen atoms in total. The molecule has 2 fully saturated rings. The minimum absolute atomic E-state index is 0.155. The molecule has 1 amide bonds. The number of nitrogens with zero attached hydrogens (tertiary/aromatic N) is 1. The summed E-state index contributed by atoms with van der Waals surface area (Å²) in [5, 5.41) is 12.2. The van der Waals surface area contributed by atoms with Crippen LogP contribution in [0.3, 0.4) is 0 Å². The third kappa shape index (κ3) is 9.60. The first-order valence-corrected chi connectivity index (χ1v) is 17.3. The number of ether oxygens (including phenoxy) is 2. The monoisotopic (exact) mass is 614 g/mol. The number of methoxy groups -OCH3 is 1. The van der Waals surface area contributed by atoms with Crippen LogP contribution in [0.15, 0.2) is 42.5 Å². The Morgan fingerprint density at radius 3 is 2.49 bits per heavy atom. The van der Waals surface area contributed by atoms with E-state index < -0.39 is 27.8 Å². The first-order valence-electron chi connectivity index (χ1n) is 15.3. The zero-order valence-corrected chi connectivity index (χ0v) is 26.4. The van der Waals surface area contributed by atoms with Crippen LogP contribution in [0.25, 0.3) is 11.1 Å². The van der Waals surface area contributed by atoms with Gasteiger partial charge in [0.05, 0.1) is 18.5 Å². The molecule has 1 saturated heterocycles. The molecule has 4 rings (SSSR count). The van der Waals surface area contributed by atoms with Crippen molar-refractivity contribution in [1.82, 2.24) is 10.2 Å². The first-order chi connectivity index (χ1) is 20.5. The minimum Gasteiger partial charge on any atom is -0.480 e. The molecule has 0 bridgehead atoms. The number of carbonyl (C=O) groups excluding carboxylic acids is 1. The number of likely N-dealkylation sites (tertiary alicyclic amines) is 1. The van der Waals surface area contributed by atoms with Gasteiger partial charge in [-0.15, -0.1) is 0 Å². The number of sulfone groups is 1. The number of carboxylic acids is 1. The molecule has 1 heterocycles. The summed E-state index contributed by atoms with van der Waals surface area (Å²) >= 11 is 0. The summed E-state index contributed by atoms with van der Waals surface area (Å²) in [7, 11) is -1.67. The second-order valence-electron chi connectivity index (χ2n) is 12.2. The Bertz CT molecular complexity index is 1360. The van der Waals surface area contributed by atoms with Gasteiger partial charge < -0.3 is 19.9 Å². The average Bonchev–Trinajstić information content (AvgIpc) is 3.35. The van der Waals surface area contributed by atoms with E-state index in [9.17, 15) is 23.1 Å². The lowest BCUT2D eigenvalue weighted by molar-refractivity contribution is -0.139. The molecule has 3 atom stereocenters. The number of aliphatic carboxylic acids is 1. The Morgan fingerprint density at radius 1 is 1.07 bits per heavy atom. The van der Waals surface area contributed by atoms with E-state index in [-0.39, 0.29) is 24.3 Å². The highest BCUT2D eigenvalue weighted by Gasteiger charge is 2.33. The topological polar surface area (TPSA) is 122 Å². The van der Waals surface area contributed by atoms with Crippen molar-refractivity contribution in [3.05, 3.63) is 59.2 Å². The van der Waals surface area contributed by atoms with Crippen LogP contribution in [0, 0.1) is 12.8 Å². The molecule has 0 spiro atoms. The third-order valence-electron chi connectivity index (χ3n) is 8.67. The van der Waals surface area contributed by atoms with Gasteiger partial charge in [-0.3, -0.25) is 9.69 Å².